The molecule has 1 aliphatic carbocycles. The Morgan fingerprint density at radius 3 is 3.00 bits per heavy atom. The maximum atomic E-state index is 8.82. The van der Waals surface area contributed by atoms with Crippen LogP contribution in [0.1, 0.15) is 31.0 Å². The average Bonchev–Trinajstić information content (AvgIpc) is 3.01. The van der Waals surface area contributed by atoms with Crippen LogP contribution in [0.15, 0.2) is 12.3 Å². The molecule has 0 aliphatic heterocycles. The van der Waals surface area contributed by atoms with Gasteiger partial charge in [-0.15, -0.1) is 0 Å². The Hall–Kier alpha value is -1.56. The highest BCUT2D eigenvalue weighted by atomic mass is 16.5. The summed E-state index contributed by atoms with van der Waals surface area (Å²) >= 11 is 0. The van der Waals surface area contributed by atoms with Crippen LogP contribution in [0.25, 0.3) is 0 Å². The van der Waals surface area contributed by atoms with Gasteiger partial charge in [-0.1, -0.05) is 6.92 Å². The van der Waals surface area contributed by atoms with Crippen molar-refractivity contribution in [1.82, 2.24) is 4.98 Å². The Morgan fingerprint density at radius 2 is 2.43 bits per heavy atom. The largest absolute Gasteiger partial charge is 0.487 e. The van der Waals surface area contributed by atoms with Crippen LogP contribution in [0.5, 0.6) is 5.75 Å². The van der Waals surface area contributed by atoms with Crippen molar-refractivity contribution in [2.24, 2.45) is 0 Å². The summed E-state index contributed by atoms with van der Waals surface area (Å²) in [6, 6.07) is 3.96. The monoisotopic (exact) mass is 188 g/mol. The van der Waals surface area contributed by atoms with Crippen molar-refractivity contribution in [3.63, 3.8) is 0 Å². The number of aryl methyl sites for hydroxylation is 1. The summed E-state index contributed by atoms with van der Waals surface area (Å²) < 4.78 is 5.60. The van der Waals surface area contributed by atoms with E-state index in [-0.39, 0.29) is 0 Å². The first kappa shape index (κ1) is 9.01. The van der Waals surface area contributed by atoms with Gasteiger partial charge in [-0.05, 0) is 30.9 Å². The summed E-state index contributed by atoms with van der Waals surface area (Å²) in [6.07, 6.45) is 5.16. The van der Waals surface area contributed by atoms with Crippen molar-refractivity contribution in [2.45, 2.75) is 32.3 Å². The number of hydrogen-bond donors (Lipinski definition) is 0. The number of nitrogens with zero attached hydrogens (tertiary/aromatic N) is 2. The van der Waals surface area contributed by atoms with E-state index < -0.39 is 0 Å². The fourth-order valence-electron chi connectivity index (χ4n) is 1.22. The number of ether oxygens (including phenoxy) is 1. The lowest BCUT2D eigenvalue weighted by molar-refractivity contribution is 0.300. The molecule has 1 aliphatic rings. The standard InChI is InChI=1S/C11H12N2O/c1-2-8-5-11(14-9-3-4-9)10(6-12)13-7-8/h5,7,9H,2-4H2,1H3. The van der Waals surface area contributed by atoms with Crippen molar-refractivity contribution in [1.29, 1.82) is 5.26 Å². The lowest BCUT2D eigenvalue weighted by Crippen LogP contribution is -2.00. The van der Waals surface area contributed by atoms with E-state index >= 15 is 0 Å². The molecule has 1 fully saturated rings. The van der Waals surface area contributed by atoms with E-state index in [0.29, 0.717) is 17.5 Å². The van der Waals surface area contributed by atoms with E-state index in [1.807, 2.05) is 12.1 Å². The molecule has 0 aromatic carbocycles. The van der Waals surface area contributed by atoms with Crippen LogP contribution in [-0.4, -0.2) is 11.1 Å². The third kappa shape index (κ3) is 1.85. The zero-order valence-electron chi connectivity index (χ0n) is 8.16. The molecule has 0 atom stereocenters. The van der Waals surface area contributed by atoms with Crippen molar-refractivity contribution >= 4 is 0 Å². The predicted molar refractivity (Wildman–Crippen MR) is 52.0 cm³/mol. The Bertz CT molecular complexity index is 377. The van der Waals surface area contributed by atoms with E-state index in [0.717, 1.165) is 24.8 Å². The molecule has 2 rings (SSSR count). The van der Waals surface area contributed by atoms with Gasteiger partial charge < -0.3 is 4.74 Å². The fourth-order valence-corrected chi connectivity index (χ4v) is 1.22. The maximum absolute atomic E-state index is 8.82. The van der Waals surface area contributed by atoms with Crippen LogP contribution in [0.4, 0.5) is 0 Å². The maximum Gasteiger partial charge on any atom is 0.182 e. The first-order valence-electron chi connectivity index (χ1n) is 4.89. The van der Waals surface area contributed by atoms with Gasteiger partial charge in [0.15, 0.2) is 11.4 Å². The fraction of sp³-hybridized carbons (Fsp3) is 0.455. The normalized spacial score (nSPS) is 14.9. The molecule has 3 nitrogen and oxygen atoms in total. The highest BCUT2D eigenvalue weighted by Gasteiger charge is 2.24. The van der Waals surface area contributed by atoms with Gasteiger partial charge in [-0.3, -0.25) is 0 Å². The molecular formula is C11H12N2O. The SMILES string of the molecule is CCc1cnc(C#N)c(OC2CC2)c1. The Kier molecular flexibility index (Phi) is 2.36. The zero-order chi connectivity index (χ0) is 9.97. The van der Waals surface area contributed by atoms with Crippen molar-refractivity contribution in [3.8, 4) is 11.8 Å². The molecule has 1 aromatic rings. The van der Waals surface area contributed by atoms with Gasteiger partial charge in [0.25, 0.3) is 0 Å². The van der Waals surface area contributed by atoms with E-state index in [1.165, 1.54) is 0 Å². The van der Waals surface area contributed by atoms with E-state index in [9.17, 15) is 0 Å². The van der Waals surface area contributed by atoms with Crippen molar-refractivity contribution in [3.05, 3.63) is 23.5 Å². The highest BCUT2D eigenvalue weighted by molar-refractivity contribution is 5.39. The smallest absolute Gasteiger partial charge is 0.182 e. The van der Waals surface area contributed by atoms with Gasteiger partial charge in [0.1, 0.15) is 6.07 Å². The second-order valence-electron chi connectivity index (χ2n) is 3.47. The van der Waals surface area contributed by atoms with Crippen LogP contribution >= 0.6 is 0 Å². The zero-order valence-corrected chi connectivity index (χ0v) is 8.16. The first-order chi connectivity index (χ1) is 6.83. The molecule has 0 amide bonds. The minimum Gasteiger partial charge on any atom is -0.487 e. The quantitative estimate of drug-likeness (QED) is 0.729. The Morgan fingerprint density at radius 1 is 1.64 bits per heavy atom. The molecule has 1 heterocycles. The molecule has 1 aromatic heterocycles. The van der Waals surface area contributed by atoms with Crippen LogP contribution in [-0.2, 0) is 6.42 Å². The molecular weight excluding hydrogens is 176 g/mol. The minimum atomic E-state index is 0.316. The van der Waals surface area contributed by atoms with Crippen LogP contribution in [0, 0.1) is 11.3 Å². The molecule has 0 N–H and O–H groups in total. The molecule has 0 bridgehead atoms. The second-order valence-corrected chi connectivity index (χ2v) is 3.47. The lowest BCUT2D eigenvalue weighted by Gasteiger charge is -2.06. The first-order valence-corrected chi connectivity index (χ1v) is 4.89. The lowest BCUT2D eigenvalue weighted by atomic mass is 10.2. The third-order valence-electron chi connectivity index (χ3n) is 2.24. The summed E-state index contributed by atoms with van der Waals surface area (Å²) in [7, 11) is 0. The van der Waals surface area contributed by atoms with Gasteiger partial charge in [-0.25, -0.2) is 4.98 Å². The molecule has 14 heavy (non-hydrogen) atoms. The van der Waals surface area contributed by atoms with E-state index in [1.54, 1.807) is 6.20 Å². The number of rotatable bonds is 3. The van der Waals surface area contributed by atoms with Crippen LogP contribution < -0.4 is 4.74 Å². The molecule has 0 saturated heterocycles. The Balaban J connectivity index is 2.27. The Labute approximate surface area is 83.3 Å². The highest BCUT2D eigenvalue weighted by Crippen LogP contribution is 2.28. The number of nitriles is 1. The van der Waals surface area contributed by atoms with E-state index in [2.05, 4.69) is 11.9 Å². The second kappa shape index (κ2) is 3.67. The topological polar surface area (TPSA) is 45.9 Å². The predicted octanol–water partition coefficient (Wildman–Crippen LogP) is 2.06. The van der Waals surface area contributed by atoms with Crippen molar-refractivity contribution < 1.29 is 4.74 Å². The number of hydrogen-bond acceptors (Lipinski definition) is 3. The summed E-state index contributed by atoms with van der Waals surface area (Å²) in [4.78, 5) is 4.06. The average molecular weight is 188 g/mol. The summed E-state index contributed by atoms with van der Waals surface area (Å²) in [6.45, 7) is 2.06. The molecule has 0 unspecified atom stereocenters. The molecule has 3 heteroatoms. The van der Waals surface area contributed by atoms with Gasteiger partial charge in [0, 0.05) is 6.20 Å². The molecule has 1 saturated carbocycles. The molecule has 72 valence electrons. The van der Waals surface area contributed by atoms with Crippen LogP contribution in [0.3, 0.4) is 0 Å². The minimum absolute atomic E-state index is 0.316. The van der Waals surface area contributed by atoms with E-state index in [4.69, 9.17) is 10.00 Å². The number of aromatic nitrogens is 1. The number of pyridine rings is 1. The molecule has 0 spiro atoms. The van der Waals surface area contributed by atoms with Gasteiger partial charge >= 0.3 is 0 Å². The van der Waals surface area contributed by atoms with Gasteiger partial charge in [0.2, 0.25) is 0 Å². The van der Waals surface area contributed by atoms with Gasteiger partial charge in [-0.2, -0.15) is 5.26 Å². The molecule has 0 radical (unpaired) electrons. The van der Waals surface area contributed by atoms with Crippen molar-refractivity contribution in [2.75, 3.05) is 0 Å². The van der Waals surface area contributed by atoms with Crippen LogP contribution in [0.2, 0.25) is 0 Å². The van der Waals surface area contributed by atoms with Gasteiger partial charge in [0.05, 0.1) is 6.10 Å². The summed E-state index contributed by atoms with van der Waals surface area (Å²) in [5, 5.41) is 8.82. The third-order valence-corrected chi connectivity index (χ3v) is 2.24. The summed E-state index contributed by atoms with van der Waals surface area (Å²) in [5.41, 5.74) is 1.51. The summed E-state index contributed by atoms with van der Waals surface area (Å²) in [5.74, 6) is 0.648.